The third-order valence-electron chi connectivity index (χ3n) is 19.2. The zero-order chi connectivity index (χ0) is 83.5. The summed E-state index contributed by atoms with van der Waals surface area (Å²) in [6.07, 6.45) is 61.2. The van der Waals surface area contributed by atoms with Gasteiger partial charge < -0.3 is 56.5 Å². The average Bonchev–Trinajstić information content (AvgIpc) is 0.948. The van der Waals surface area contributed by atoms with E-state index in [1.54, 1.807) is 72.8 Å². The number of hydrogen-bond acceptors (Lipinski definition) is 18. The quantitative estimate of drug-likeness (QED) is 0.0195. The Morgan fingerprint density at radius 2 is 0.270 bits per heavy atom. The molecule has 0 aliphatic heterocycles. The molecular weight excluding hydrogens is 1650 g/mol. The number of unbranched alkanes of at least 4 members (excludes halogenated alkanes) is 36. The van der Waals surface area contributed by atoms with Gasteiger partial charge in [0.25, 0.3) is 0 Å². The molecule has 0 N–H and O–H groups in total. The van der Waals surface area contributed by atoms with Gasteiger partial charge in [0, 0.05) is 0 Å². The van der Waals surface area contributed by atoms with Gasteiger partial charge in [0.05, 0.1) is 0 Å². The molecule has 0 fully saturated rings. The van der Waals surface area contributed by atoms with E-state index in [4.69, 9.17) is 0 Å². The summed E-state index contributed by atoms with van der Waals surface area (Å²) < 4.78 is 90.4. The van der Waals surface area contributed by atoms with Crippen molar-refractivity contribution in [3.63, 3.8) is 0 Å². The van der Waals surface area contributed by atoms with Crippen molar-refractivity contribution in [3.05, 3.63) is 179 Å². The smallest absolute Gasteiger partial charge is 0.771 e. The molecular formula is C90H144MoO18P6. The largest absolute Gasteiger partial charge is 6.00 e. The van der Waals surface area contributed by atoms with E-state index in [0.29, 0.717) is 34.5 Å². The maximum Gasteiger partial charge on any atom is 6.00 e. The second-order valence-corrected chi connectivity index (χ2v) is 33.4. The van der Waals surface area contributed by atoms with Crippen LogP contribution in [0.25, 0.3) is 0 Å². The van der Waals surface area contributed by atoms with Gasteiger partial charge in [-0.25, -0.2) is 0 Å². The number of benzene rings is 6. The van der Waals surface area contributed by atoms with Crippen molar-refractivity contribution < 1.29 is 105 Å². The molecule has 115 heavy (non-hydrogen) atoms. The molecule has 0 bridgehead atoms. The zero-order valence-corrected chi connectivity index (χ0v) is 78.6. The van der Waals surface area contributed by atoms with Crippen LogP contribution in [-0.4, -0.2) is 0 Å². The van der Waals surface area contributed by atoms with Gasteiger partial charge >= 0.3 is 21.1 Å². The molecule has 6 aromatic carbocycles. The van der Waals surface area contributed by atoms with Crippen LogP contribution in [0, 0.1) is 0 Å². The molecule has 25 heteroatoms. The Hall–Kier alpha value is -4.05. The standard InChI is InChI=1S/6C15H25O3P.Mo/c6*1-2-3-4-5-6-7-8-9-14-10-12-15(13-11-14)18-19(16)17;/h6*10-13,19H,2-9H2,1H3,(H,16,17);/q;;;;;;+6/p-6. The van der Waals surface area contributed by atoms with Crippen LogP contribution >= 0.6 is 49.5 Å². The van der Waals surface area contributed by atoms with Gasteiger partial charge in [0.2, 0.25) is 0 Å². The van der Waals surface area contributed by atoms with E-state index in [0.717, 1.165) is 38.5 Å². The summed E-state index contributed by atoms with van der Waals surface area (Å²) in [5, 5.41) is 0. The maximum absolute atomic E-state index is 10.4. The van der Waals surface area contributed by atoms with Gasteiger partial charge in [-0.3, -0.25) is 27.4 Å². The third kappa shape index (κ3) is 71.4. The summed E-state index contributed by atoms with van der Waals surface area (Å²) in [4.78, 5) is 62.5. The molecule has 18 nitrogen and oxygen atoms in total. The first-order valence-electron chi connectivity index (χ1n) is 43.2. The Bertz CT molecular complexity index is 2750. The molecule has 648 valence electrons. The minimum Gasteiger partial charge on any atom is -0.771 e. The first kappa shape index (κ1) is 111. The molecule has 0 radical (unpaired) electrons. The Morgan fingerprint density at radius 3 is 0.365 bits per heavy atom. The minimum atomic E-state index is -3.13. The van der Waals surface area contributed by atoms with Crippen molar-refractivity contribution >= 4 is 49.5 Å². The van der Waals surface area contributed by atoms with Crippen LogP contribution in [0.5, 0.6) is 34.5 Å². The van der Waals surface area contributed by atoms with Crippen LogP contribution < -0.4 is 56.5 Å². The van der Waals surface area contributed by atoms with Crippen LogP contribution in [0.2, 0.25) is 0 Å². The zero-order valence-electron chi connectivity index (χ0n) is 70.6. The number of hydrogen-bond donors (Lipinski definition) is 0. The van der Waals surface area contributed by atoms with Gasteiger partial charge in [0.1, 0.15) is 34.5 Å². The van der Waals surface area contributed by atoms with E-state index in [1.165, 1.54) is 303 Å². The molecule has 6 unspecified atom stereocenters. The Morgan fingerprint density at radius 1 is 0.174 bits per heavy atom. The fourth-order valence-electron chi connectivity index (χ4n) is 12.6. The topological polar surface area (TPSA) is 296 Å². The first-order valence-corrected chi connectivity index (χ1v) is 50.5. The van der Waals surface area contributed by atoms with E-state index in [2.05, 4.69) is 68.7 Å². The predicted molar refractivity (Wildman–Crippen MR) is 467 cm³/mol. The van der Waals surface area contributed by atoms with E-state index >= 15 is 0 Å². The summed E-state index contributed by atoms with van der Waals surface area (Å²) in [5.74, 6) is 2.43. The van der Waals surface area contributed by atoms with Crippen molar-refractivity contribution in [1.82, 2.24) is 0 Å². The summed E-state index contributed by atoms with van der Waals surface area (Å²) >= 11 is 0. The summed E-state index contributed by atoms with van der Waals surface area (Å²) in [5.41, 5.74) is 7.45. The van der Waals surface area contributed by atoms with Crippen molar-refractivity contribution in [2.75, 3.05) is 0 Å². The van der Waals surface area contributed by atoms with E-state index in [-0.39, 0.29) is 21.1 Å². The molecule has 0 saturated heterocycles. The first-order chi connectivity index (χ1) is 55.3. The van der Waals surface area contributed by atoms with Crippen molar-refractivity contribution in [3.8, 4) is 34.5 Å². The fraction of sp³-hybridized carbons (Fsp3) is 0.600. The minimum absolute atomic E-state index is 0. The average molecular weight is 1800 g/mol. The number of rotatable bonds is 60. The second kappa shape index (κ2) is 79.7. The molecule has 0 aliphatic carbocycles. The molecule has 6 aromatic rings. The maximum atomic E-state index is 10.4. The Balaban J connectivity index is 0.00000135. The third-order valence-corrected chi connectivity index (χ3v) is 21.6. The molecule has 0 saturated carbocycles. The van der Waals surface area contributed by atoms with Gasteiger partial charge in [-0.05, 0) is 183 Å². The van der Waals surface area contributed by atoms with Crippen LogP contribution in [0.15, 0.2) is 146 Å². The Labute approximate surface area is 713 Å². The van der Waals surface area contributed by atoms with Crippen molar-refractivity contribution in [2.24, 2.45) is 0 Å². The van der Waals surface area contributed by atoms with E-state index in [9.17, 15) is 56.8 Å². The van der Waals surface area contributed by atoms with E-state index in [1.807, 2.05) is 72.8 Å². The second-order valence-electron chi connectivity index (χ2n) is 29.2. The van der Waals surface area contributed by atoms with Crippen molar-refractivity contribution in [1.29, 1.82) is 0 Å². The predicted octanol–water partition coefficient (Wildman–Crippen LogP) is 24.6. The van der Waals surface area contributed by atoms with Crippen LogP contribution in [0.1, 0.15) is 345 Å². The number of aryl methyl sites for hydroxylation is 6. The van der Waals surface area contributed by atoms with Gasteiger partial charge in [-0.2, -0.15) is 0 Å². The Kier molecular flexibility index (Phi) is 76.9. The van der Waals surface area contributed by atoms with Crippen LogP contribution in [0.4, 0.5) is 0 Å². The molecule has 0 heterocycles. The van der Waals surface area contributed by atoms with Crippen LogP contribution in [-0.2, 0) is 87.0 Å². The fourth-order valence-corrected chi connectivity index (χ4v) is 14.6. The van der Waals surface area contributed by atoms with Crippen molar-refractivity contribution in [2.45, 2.75) is 350 Å². The molecule has 0 spiro atoms. The normalized spacial score (nSPS) is 12.2. The molecule has 0 amide bonds. The summed E-state index contributed by atoms with van der Waals surface area (Å²) in [7, 11) is -18.8. The van der Waals surface area contributed by atoms with Gasteiger partial charge in [-0.1, -0.05) is 345 Å². The summed E-state index contributed by atoms with van der Waals surface area (Å²) in [6.45, 7) is 13.4. The van der Waals surface area contributed by atoms with Gasteiger partial charge in [-0.15, -0.1) is 0 Å². The monoisotopic (exact) mass is 1800 g/mol. The van der Waals surface area contributed by atoms with Gasteiger partial charge in [0.15, 0.2) is 49.5 Å². The molecule has 6 atom stereocenters. The molecule has 6 rings (SSSR count). The SMILES string of the molecule is CCCCCCCCCc1ccc(O[PH](=O)[O-])cc1.CCCCCCCCCc1ccc(O[PH](=O)[O-])cc1.CCCCCCCCCc1ccc(O[PH](=O)[O-])cc1.CCCCCCCCCc1ccc(O[PH](=O)[O-])cc1.CCCCCCCCCc1ccc(O[PH](=O)[O-])cc1.CCCCCCCCCc1ccc(O[PH](=O)[O-])cc1.[Mo+6]. The summed E-state index contributed by atoms with van der Waals surface area (Å²) in [6, 6.07) is 43.9. The van der Waals surface area contributed by atoms with E-state index < -0.39 is 49.5 Å². The molecule has 0 aliphatic rings. The molecule has 0 aromatic heterocycles. The van der Waals surface area contributed by atoms with Crippen LogP contribution in [0.3, 0.4) is 0 Å².